The molecule has 8 nitrogen and oxygen atoms in total. The Morgan fingerprint density at radius 1 is 0.950 bits per heavy atom. The second-order valence-electron chi connectivity index (χ2n) is 9.97. The van der Waals surface area contributed by atoms with Crippen LogP contribution in [-0.4, -0.2) is 57.6 Å². The predicted molar refractivity (Wildman–Crippen MR) is 159 cm³/mol. The summed E-state index contributed by atoms with van der Waals surface area (Å²) in [5.74, 6) is -0.203. The molecule has 10 heteroatoms. The summed E-state index contributed by atoms with van der Waals surface area (Å²) >= 11 is 6.23. The number of hydrogen-bond acceptors (Lipinski definition) is 5. The summed E-state index contributed by atoms with van der Waals surface area (Å²) in [7, 11) is -2.39. The van der Waals surface area contributed by atoms with Gasteiger partial charge in [0.2, 0.25) is 21.8 Å². The lowest BCUT2D eigenvalue weighted by Gasteiger charge is -2.33. The molecule has 0 fully saturated rings. The lowest BCUT2D eigenvalue weighted by molar-refractivity contribution is -0.140. The molecule has 0 saturated heterocycles. The van der Waals surface area contributed by atoms with Crippen LogP contribution in [0, 0.1) is 5.92 Å². The maximum Gasteiger partial charge on any atom is 0.244 e. The van der Waals surface area contributed by atoms with Crippen molar-refractivity contribution >= 4 is 39.1 Å². The second kappa shape index (κ2) is 14.2. The summed E-state index contributed by atoms with van der Waals surface area (Å²) in [6.45, 7) is 3.96. The fourth-order valence-corrected chi connectivity index (χ4v) is 5.24. The van der Waals surface area contributed by atoms with Crippen LogP contribution in [0.5, 0.6) is 5.75 Å². The van der Waals surface area contributed by atoms with Crippen LogP contribution in [-0.2, 0) is 32.6 Å². The molecule has 2 amide bonds. The number of rotatable bonds is 13. The molecule has 3 rings (SSSR count). The molecular weight excluding hydrogens is 550 g/mol. The summed E-state index contributed by atoms with van der Waals surface area (Å²) in [5.41, 5.74) is 1.86. The van der Waals surface area contributed by atoms with Crippen molar-refractivity contribution in [2.75, 3.05) is 30.8 Å². The van der Waals surface area contributed by atoms with Gasteiger partial charge in [0.05, 0.1) is 19.1 Å². The van der Waals surface area contributed by atoms with Crippen molar-refractivity contribution in [1.29, 1.82) is 0 Å². The summed E-state index contributed by atoms with van der Waals surface area (Å²) < 4.78 is 32.0. The van der Waals surface area contributed by atoms with Crippen molar-refractivity contribution in [3.05, 3.63) is 95.0 Å². The van der Waals surface area contributed by atoms with Gasteiger partial charge in [-0.05, 0) is 41.3 Å². The number of benzene rings is 3. The van der Waals surface area contributed by atoms with Gasteiger partial charge in [0.1, 0.15) is 18.3 Å². The number of carbonyl (C=O) groups excluding carboxylic acids is 2. The van der Waals surface area contributed by atoms with E-state index in [9.17, 15) is 18.0 Å². The highest BCUT2D eigenvalue weighted by molar-refractivity contribution is 7.92. The average Bonchev–Trinajstić information content (AvgIpc) is 2.92. The highest BCUT2D eigenvalue weighted by Crippen LogP contribution is 2.24. The van der Waals surface area contributed by atoms with Crippen LogP contribution in [0.15, 0.2) is 78.9 Å². The van der Waals surface area contributed by atoms with Crippen molar-refractivity contribution in [3.8, 4) is 5.75 Å². The zero-order valence-corrected chi connectivity index (χ0v) is 24.8. The van der Waals surface area contributed by atoms with Gasteiger partial charge >= 0.3 is 0 Å². The number of nitrogens with one attached hydrogen (secondary N) is 1. The molecule has 0 bridgehead atoms. The van der Waals surface area contributed by atoms with Gasteiger partial charge in [0.15, 0.2) is 0 Å². The molecule has 0 spiro atoms. The lowest BCUT2D eigenvalue weighted by atomic mass is 10.0. The van der Waals surface area contributed by atoms with E-state index >= 15 is 0 Å². The van der Waals surface area contributed by atoms with E-state index in [0.29, 0.717) is 22.9 Å². The number of ether oxygens (including phenoxy) is 1. The van der Waals surface area contributed by atoms with Crippen molar-refractivity contribution in [1.82, 2.24) is 10.2 Å². The molecule has 0 aromatic heterocycles. The lowest BCUT2D eigenvalue weighted by Crippen LogP contribution is -2.53. The van der Waals surface area contributed by atoms with Crippen LogP contribution in [0.3, 0.4) is 0 Å². The van der Waals surface area contributed by atoms with Crippen molar-refractivity contribution < 1.29 is 22.7 Å². The monoisotopic (exact) mass is 585 g/mol. The van der Waals surface area contributed by atoms with Gasteiger partial charge in [-0.25, -0.2) is 8.42 Å². The molecule has 0 radical (unpaired) electrons. The Labute approximate surface area is 241 Å². The van der Waals surface area contributed by atoms with E-state index in [1.165, 1.54) is 12.0 Å². The minimum atomic E-state index is -3.87. The molecule has 0 heterocycles. The maximum absolute atomic E-state index is 14.1. The number of carbonyl (C=O) groups is 2. The Hall–Kier alpha value is -3.56. The SMILES string of the molecule is COc1cccc(N(CC(=O)N(Cc2cccc(Cl)c2)C(Cc2ccccc2)C(=O)NCC(C)C)S(C)(=O)=O)c1. The first kappa shape index (κ1) is 31.0. The van der Waals surface area contributed by atoms with Crippen LogP contribution in [0.1, 0.15) is 25.0 Å². The Balaban J connectivity index is 2.05. The van der Waals surface area contributed by atoms with Gasteiger partial charge in [0, 0.05) is 30.6 Å². The van der Waals surface area contributed by atoms with E-state index in [0.717, 1.165) is 16.1 Å². The molecule has 0 aliphatic heterocycles. The van der Waals surface area contributed by atoms with Gasteiger partial charge < -0.3 is 15.0 Å². The number of amides is 2. The Bertz CT molecular complexity index is 1400. The van der Waals surface area contributed by atoms with Gasteiger partial charge in [-0.15, -0.1) is 0 Å². The smallest absolute Gasteiger partial charge is 0.244 e. The van der Waals surface area contributed by atoms with Gasteiger partial charge in [-0.3, -0.25) is 13.9 Å². The standard InChI is InChI=1S/C30H36ClN3O5S/c1-22(2)19-32-30(36)28(17-23-10-6-5-7-11-23)33(20-24-12-8-13-25(31)16-24)29(35)21-34(40(4,37)38)26-14-9-15-27(18-26)39-3/h5-16,18,22,28H,17,19-21H2,1-4H3,(H,32,36). The minimum Gasteiger partial charge on any atom is -0.497 e. The van der Waals surface area contributed by atoms with E-state index in [4.69, 9.17) is 16.3 Å². The second-order valence-corrected chi connectivity index (χ2v) is 12.3. The molecule has 0 saturated carbocycles. The van der Waals surface area contributed by atoms with E-state index in [-0.39, 0.29) is 30.5 Å². The highest BCUT2D eigenvalue weighted by Gasteiger charge is 2.33. The molecule has 3 aromatic rings. The molecule has 0 aliphatic rings. The summed E-state index contributed by atoms with van der Waals surface area (Å²) in [6, 6.07) is 22.0. The molecule has 40 heavy (non-hydrogen) atoms. The van der Waals surface area contributed by atoms with Crippen LogP contribution >= 0.6 is 11.6 Å². The van der Waals surface area contributed by atoms with Gasteiger partial charge in [-0.2, -0.15) is 0 Å². The maximum atomic E-state index is 14.1. The van der Waals surface area contributed by atoms with Crippen LogP contribution in [0.4, 0.5) is 5.69 Å². The predicted octanol–water partition coefficient (Wildman–Crippen LogP) is 4.53. The number of methoxy groups -OCH3 is 1. The molecule has 214 valence electrons. The van der Waals surface area contributed by atoms with E-state index in [1.54, 1.807) is 42.5 Å². The Morgan fingerprint density at radius 2 is 1.62 bits per heavy atom. The number of anilines is 1. The minimum absolute atomic E-state index is 0.0572. The molecular formula is C30H36ClN3O5S. The highest BCUT2D eigenvalue weighted by atomic mass is 35.5. The summed E-state index contributed by atoms with van der Waals surface area (Å²) in [6.07, 6.45) is 1.28. The van der Waals surface area contributed by atoms with E-state index in [1.807, 2.05) is 50.2 Å². The largest absolute Gasteiger partial charge is 0.497 e. The topological polar surface area (TPSA) is 96.0 Å². The Kier molecular flexibility index (Phi) is 11.0. The first-order chi connectivity index (χ1) is 19.0. The number of sulfonamides is 1. The molecule has 3 aromatic carbocycles. The molecule has 0 aliphatic carbocycles. The first-order valence-electron chi connectivity index (χ1n) is 12.9. The molecule has 1 N–H and O–H groups in total. The summed E-state index contributed by atoms with van der Waals surface area (Å²) in [4.78, 5) is 29.1. The third kappa shape index (κ3) is 8.99. The number of hydrogen-bond donors (Lipinski definition) is 1. The fraction of sp³-hybridized carbons (Fsp3) is 0.333. The number of halogens is 1. The van der Waals surface area contributed by atoms with E-state index < -0.39 is 28.5 Å². The third-order valence-electron chi connectivity index (χ3n) is 6.22. The van der Waals surface area contributed by atoms with Crippen molar-refractivity contribution in [2.45, 2.75) is 32.9 Å². The number of nitrogens with zero attached hydrogens (tertiary/aromatic N) is 2. The zero-order chi connectivity index (χ0) is 29.3. The summed E-state index contributed by atoms with van der Waals surface area (Å²) in [5, 5.41) is 3.45. The molecule has 1 unspecified atom stereocenters. The average molecular weight is 586 g/mol. The van der Waals surface area contributed by atoms with Crippen molar-refractivity contribution in [2.24, 2.45) is 5.92 Å². The van der Waals surface area contributed by atoms with Crippen LogP contribution < -0.4 is 14.4 Å². The van der Waals surface area contributed by atoms with E-state index in [2.05, 4.69) is 5.32 Å². The third-order valence-corrected chi connectivity index (χ3v) is 7.59. The Morgan fingerprint density at radius 3 is 2.25 bits per heavy atom. The van der Waals surface area contributed by atoms with Crippen LogP contribution in [0.2, 0.25) is 5.02 Å². The fourth-order valence-electron chi connectivity index (χ4n) is 4.19. The molecule has 1 atom stereocenters. The zero-order valence-electron chi connectivity index (χ0n) is 23.2. The first-order valence-corrected chi connectivity index (χ1v) is 15.2. The van der Waals surface area contributed by atoms with Gasteiger partial charge in [0.25, 0.3) is 0 Å². The van der Waals surface area contributed by atoms with Crippen molar-refractivity contribution in [3.63, 3.8) is 0 Å². The quantitative estimate of drug-likeness (QED) is 0.318. The normalized spacial score (nSPS) is 12.1. The van der Waals surface area contributed by atoms with Gasteiger partial charge in [-0.1, -0.05) is 74.0 Å². The van der Waals surface area contributed by atoms with Crippen LogP contribution in [0.25, 0.3) is 0 Å².